The lowest BCUT2D eigenvalue weighted by atomic mass is 10.2. The van der Waals surface area contributed by atoms with Crippen LogP contribution in [0.3, 0.4) is 0 Å². The minimum Gasteiger partial charge on any atom is -0.451 e. The van der Waals surface area contributed by atoms with Gasteiger partial charge in [0.2, 0.25) is 0 Å². The molecular formula is C17H11Cl2IN2O2. The third kappa shape index (κ3) is 3.74. The Morgan fingerprint density at radius 2 is 1.96 bits per heavy atom. The predicted octanol–water partition coefficient (Wildman–Crippen LogP) is 5.81. The maximum absolute atomic E-state index is 12.3. The van der Waals surface area contributed by atoms with Gasteiger partial charge in [-0.25, -0.2) is 4.98 Å². The molecule has 0 aliphatic heterocycles. The first-order valence-corrected chi connectivity index (χ1v) is 8.77. The average molecular weight is 473 g/mol. The van der Waals surface area contributed by atoms with Crippen LogP contribution in [0, 0.1) is 10.5 Å². The molecule has 4 nitrogen and oxygen atoms in total. The largest absolute Gasteiger partial charge is 0.451 e. The first kappa shape index (κ1) is 17.3. The highest BCUT2D eigenvalue weighted by Crippen LogP contribution is 2.32. The number of aryl methyl sites for hydroxylation is 1. The van der Waals surface area contributed by atoms with Crippen LogP contribution in [0.4, 0.5) is 5.82 Å². The van der Waals surface area contributed by atoms with Gasteiger partial charge < -0.3 is 9.73 Å². The Balaban J connectivity index is 1.83. The van der Waals surface area contributed by atoms with Gasteiger partial charge in [0, 0.05) is 14.2 Å². The standard InChI is InChI=1S/C17H11Cl2IN2O2/c1-9-13(20)4-7-16(21-9)22-17(23)15-6-5-14(24-15)11-8-10(18)2-3-12(11)19/h2-8H,1H3,(H,21,22,23). The smallest absolute Gasteiger partial charge is 0.292 e. The van der Waals surface area contributed by atoms with Crippen molar-refractivity contribution >= 4 is 57.5 Å². The number of amides is 1. The van der Waals surface area contributed by atoms with E-state index in [-0.39, 0.29) is 11.7 Å². The van der Waals surface area contributed by atoms with E-state index in [0.717, 1.165) is 9.26 Å². The van der Waals surface area contributed by atoms with Crippen LogP contribution in [0.15, 0.2) is 46.9 Å². The predicted molar refractivity (Wildman–Crippen MR) is 104 cm³/mol. The zero-order valence-electron chi connectivity index (χ0n) is 12.4. The van der Waals surface area contributed by atoms with Gasteiger partial charge in [0.05, 0.1) is 10.7 Å². The maximum Gasteiger partial charge on any atom is 0.292 e. The molecule has 0 saturated carbocycles. The molecule has 122 valence electrons. The molecular weight excluding hydrogens is 462 g/mol. The number of halogens is 3. The molecule has 0 aliphatic carbocycles. The molecule has 3 rings (SSSR count). The van der Waals surface area contributed by atoms with E-state index in [1.165, 1.54) is 0 Å². The Kier molecular flexibility index (Phi) is 5.12. The summed E-state index contributed by atoms with van der Waals surface area (Å²) in [6, 6.07) is 12.0. The van der Waals surface area contributed by atoms with Crippen molar-refractivity contribution in [2.24, 2.45) is 0 Å². The molecule has 0 radical (unpaired) electrons. The lowest BCUT2D eigenvalue weighted by Gasteiger charge is -2.05. The topological polar surface area (TPSA) is 55.1 Å². The molecule has 0 spiro atoms. The second kappa shape index (κ2) is 7.13. The zero-order chi connectivity index (χ0) is 17.3. The van der Waals surface area contributed by atoms with Crippen LogP contribution in [0.1, 0.15) is 16.2 Å². The zero-order valence-corrected chi connectivity index (χ0v) is 16.1. The van der Waals surface area contributed by atoms with Gasteiger partial charge >= 0.3 is 0 Å². The fraction of sp³-hybridized carbons (Fsp3) is 0.0588. The molecule has 0 bridgehead atoms. The van der Waals surface area contributed by atoms with Gasteiger partial charge in [-0.3, -0.25) is 4.79 Å². The number of nitrogens with one attached hydrogen (secondary N) is 1. The first-order valence-electron chi connectivity index (χ1n) is 6.94. The first-order chi connectivity index (χ1) is 11.4. The van der Waals surface area contributed by atoms with Crippen LogP contribution >= 0.6 is 45.8 Å². The van der Waals surface area contributed by atoms with Crippen LogP contribution in [0.5, 0.6) is 0 Å². The number of carbonyl (C=O) groups excluding carboxylic acids is 1. The van der Waals surface area contributed by atoms with Gasteiger partial charge in [0.1, 0.15) is 11.6 Å². The Morgan fingerprint density at radius 3 is 2.71 bits per heavy atom. The molecule has 24 heavy (non-hydrogen) atoms. The van der Waals surface area contributed by atoms with Crippen LogP contribution in [0.2, 0.25) is 10.0 Å². The van der Waals surface area contributed by atoms with E-state index in [1.807, 2.05) is 13.0 Å². The number of furan rings is 1. The molecule has 2 aromatic heterocycles. The number of aromatic nitrogens is 1. The Bertz CT molecular complexity index is 925. The minimum absolute atomic E-state index is 0.166. The number of anilines is 1. The lowest BCUT2D eigenvalue weighted by Crippen LogP contribution is -2.12. The van der Waals surface area contributed by atoms with Gasteiger partial charge in [-0.1, -0.05) is 23.2 Å². The monoisotopic (exact) mass is 472 g/mol. The van der Waals surface area contributed by atoms with Crippen molar-refractivity contribution < 1.29 is 9.21 Å². The summed E-state index contributed by atoms with van der Waals surface area (Å²) in [6.07, 6.45) is 0. The van der Waals surface area contributed by atoms with Gasteiger partial charge in [-0.15, -0.1) is 0 Å². The number of hydrogen-bond acceptors (Lipinski definition) is 3. The van der Waals surface area contributed by atoms with Gasteiger partial charge in [0.15, 0.2) is 5.76 Å². The van der Waals surface area contributed by atoms with Crippen molar-refractivity contribution in [3.8, 4) is 11.3 Å². The van der Waals surface area contributed by atoms with Crippen LogP contribution in [-0.4, -0.2) is 10.9 Å². The third-order valence-corrected chi connectivity index (χ3v) is 4.99. The fourth-order valence-corrected chi connectivity index (χ4v) is 2.77. The summed E-state index contributed by atoms with van der Waals surface area (Å²) >= 11 is 14.3. The van der Waals surface area contributed by atoms with Gasteiger partial charge in [-0.05, 0) is 72.0 Å². The van der Waals surface area contributed by atoms with Crippen molar-refractivity contribution in [1.82, 2.24) is 4.98 Å². The third-order valence-electron chi connectivity index (χ3n) is 3.29. The summed E-state index contributed by atoms with van der Waals surface area (Å²) in [5.74, 6) is 0.725. The number of rotatable bonds is 3. The Morgan fingerprint density at radius 1 is 1.17 bits per heavy atom. The molecule has 0 saturated heterocycles. The van der Waals surface area contributed by atoms with E-state index in [0.29, 0.717) is 27.2 Å². The van der Waals surface area contributed by atoms with Crippen LogP contribution in [0.25, 0.3) is 11.3 Å². The molecule has 1 aromatic carbocycles. The summed E-state index contributed by atoms with van der Waals surface area (Å²) in [5.41, 5.74) is 1.48. The number of pyridine rings is 1. The van der Waals surface area contributed by atoms with Crippen molar-refractivity contribution in [2.75, 3.05) is 5.32 Å². The number of nitrogens with zero attached hydrogens (tertiary/aromatic N) is 1. The van der Waals surface area contributed by atoms with Crippen molar-refractivity contribution in [3.05, 3.63) is 67.5 Å². The Labute approximate surface area is 162 Å². The molecule has 1 N–H and O–H groups in total. The number of carbonyl (C=O) groups is 1. The summed E-state index contributed by atoms with van der Waals surface area (Å²) < 4.78 is 6.64. The van der Waals surface area contributed by atoms with Crippen molar-refractivity contribution in [3.63, 3.8) is 0 Å². The number of hydrogen-bond donors (Lipinski definition) is 1. The van der Waals surface area contributed by atoms with Crippen LogP contribution < -0.4 is 5.32 Å². The highest BCUT2D eigenvalue weighted by Gasteiger charge is 2.15. The van der Waals surface area contributed by atoms with Gasteiger partial charge in [-0.2, -0.15) is 0 Å². The fourth-order valence-electron chi connectivity index (χ4n) is 2.08. The van der Waals surface area contributed by atoms with E-state index in [2.05, 4.69) is 32.9 Å². The summed E-state index contributed by atoms with van der Waals surface area (Å²) in [5, 5.41) is 3.74. The molecule has 0 unspecified atom stereocenters. The molecule has 1 amide bonds. The highest BCUT2D eigenvalue weighted by molar-refractivity contribution is 14.1. The van der Waals surface area contributed by atoms with Gasteiger partial charge in [0.25, 0.3) is 5.91 Å². The van der Waals surface area contributed by atoms with E-state index in [1.54, 1.807) is 36.4 Å². The molecule has 0 atom stereocenters. The average Bonchev–Trinajstić information content (AvgIpc) is 3.03. The summed E-state index contributed by atoms with van der Waals surface area (Å²) in [4.78, 5) is 16.6. The molecule has 2 heterocycles. The molecule has 3 aromatic rings. The SMILES string of the molecule is Cc1nc(NC(=O)c2ccc(-c3cc(Cl)ccc3Cl)o2)ccc1I. The Hall–Kier alpha value is -1.57. The quantitative estimate of drug-likeness (QED) is 0.489. The summed E-state index contributed by atoms with van der Waals surface area (Å²) in [6.45, 7) is 1.88. The van der Waals surface area contributed by atoms with Crippen molar-refractivity contribution in [2.45, 2.75) is 6.92 Å². The van der Waals surface area contributed by atoms with Crippen molar-refractivity contribution in [1.29, 1.82) is 0 Å². The summed E-state index contributed by atoms with van der Waals surface area (Å²) in [7, 11) is 0. The molecule has 7 heteroatoms. The maximum atomic E-state index is 12.3. The van der Waals surface area contributed by atoms with Crippen LogP contribution in [-0.2, 0) is 0 Å². The molecule has 0 fully saturated rings. The van der Waals surface area contributed by atoms with E-state index >= 15 is 0 Å². The normalized spacial score (nSPS) is 10.7. The van der Waals surface area contributed by atoms with E-state index in [9.17, 15) is 4.79 Å². The number of benzene rings is 1. The second-order valence-corrected chi connectivity index (χ2v) is 7.01. The lowest BCUT2D eigenvalue weighted by molar-refractivity contribution is 0.0997. The highest BCUT2D eigenvalue weighted by atomic mass is 127. The minimum atomic E-state index is -0.382. The molecule has 0 aliphatic rings. The van der Waals surface area contributed by atoms with E-state index < -0.39 is 0 Å². The van der Waals surface area contributed by atoms with E-state index in [4.69, 9.17) is 27.6 Å². The second-order valence-electron chi connectivity index (χ2n) is 5.01.